The average molecular weight is 299 g/mol. The molecular weight excluding hydrogens is 278 g/mol. The van der Waals surface area contributed by atoms with Crippen LogP contribution in [0.5, 0.6) is 0 Å². The first-order valence-corrected chi connectivity index (χ1v) is 8.78. The highest BCUT2D eigenvalue weighted by atomic mass is 32.2. The van der Waals surface area contributed by atoms with Gasteiger partial charge in [-0.15, -0.1) is 0 Å². The molecule has 3 rings (SSSR count). The van der Waals surface area contributed by atoms with Crippen molar-refractivity contribution < 1.29 is 13.2 Å². The van der Waals surface area contributed by atoms with Crippen molar-refractivity contribution in [3.63, 3.8) is 0 Å². The van der Waals surface area contributed by atoms with Crippen LogP contribution in [0.2, 0.25) is 0 Å². The van der Waals surface area contributed by atoms with Crippen molar-refractivity contribution in [3.8, 4) is 0 Å². The summed E-state index contributed by atoms with van der Waals surface area (Å²) >= 11 is 0. The monoisotopic (exact) mass is 299 g/mol. The van der Waals surface area contributed by atoms with E-state index >= 15 is 0 Å². The van der Waals surface area contributed by atoms with Crippen molar-refractivity contribution in [1.29, 1.82) is 0 Å². The molecular formula is C13H21N3O3S. The van der Waals surface area contributed by atoms with Gasteiger partial charge >= 0.3 is 0 Å². The van der Waals surface area contributed by atoms with Crippen molar-refractivity contribution in [3.05, 3.63) is 18.0 Å². The van der Waals surface area contributed by atoms with Gasteiger partial charge < -0.3 is 4.74 Å². The first-order valence-electron chi connectivity index (χ1n) is 7.23. The Labute approximate surface area is 119 Å². The number of nitrogens with one attached hydrogen (secondary N) is 1. The van der Waals surface area contributed by atoms with Crippen LogP contribution in [0.15, 0.2) is 12.3 Å². The minimum atomic E-state index is -3.11. The van der Waals surface area contributed by atoms with E-state index in [2.05, 4.69) is 9.82 Å². The van der Waals surface area contributed by atoms with Crippen LogP contribution in [-0.2, 0) is 21.3 Å². The Morgan fingerprint density at radius 3 is 2.95 bits per heavy atom. The number of hydrogen-bond acceptors (Lipinski definition) is 4. The molecule has 0 spiro atoms. The summed E-state index contributed by atoms with van der Waals surface area (Å²) < 4.78 is 34.3. The molecule has 0 aromatic carbocycles. The van der Waals surface area contributed by atoms with Gasteiger partial charge in [0.25, 0.3) is 0 Å². The van der Waals surface area contributed by atoms with E-state index in [4.69, 9.17) is 4.74 Å². The van der Waals surface area contributed by atoms with Crippen LogP contribution >= 0.6 is 0 Å². The fourth-order valence-corrected chi connectivity index (χ4v) is 4.18. The molecule has 2 heterocycles. The van der Waals surface area contributed by atoms with Gasteiger partial charge in [0.05, 0.1) is 10.9 Å². The minimum absolute atomic E-state index is 0.0562. The first kappa shape index (κ1) is 14.0. The van der Waals surface area contributed by atoms with E-state index in [1.165, 1.54) is 0 Å². The van der Waals surface area contributed by atoms with Gasteiger partial charge in [-0.1, -0.05) is 0 Å². The SMILES string of the molecule is CCn1nccc1[C@@H]1OCC[C@H]1CNS(=O)(=O)C1CC1. The summed E-state index contributed by atoms with van der Waals surface area (Å²) in [6.07, 6.45) is 4.18. The van der Waals surface area contributed by atoms with Gasteiger partial charge in [0.2, 0.25) is 10.0 Å². The molecule has 0 radical (unpaired) electrons. The van der Waals surface area contributed by atoms with Gasteiger partial charge in [-0.25, -0.2) is 13.1 Å². The number of ether oxygens (including phenoxy) is 1. The Balaban J connectivity index is 1.67. The van der Waals surface area contributed by atoms with Gasteiger partial charge in [0, 0.05) is 31.8 Å². The molecule has 1 N–H and O–H groups in total. The fraction of sp³-hybridized carbons (Fsp3) is 0.769. The zero-order valence-electron chi connectivity index (χ0n) is 11.7. The van der Waals surface area contributed by atoms with E-state index in [0.29, 0.717) is 13.2 Å². The zero-order chi connectivity index (χ0) is 14.2. The highest BCUT2D eigenvalue weighted by Gasteiger charge is 2.38. The number of sulfonamides is 1. The van der Waals surface area contributed by atoms with Crippen LogP contribution in [0.1, 0.15) is 38.0 Å². The van der Waals surface area contributed by atoms with Crippen molar-refractivity contribution >= 4 is 10.0 Å². The Kier molecular flexibility index (Phi) is 3.83. The third-order valence-corrected chi connectivity index (χ3v) is 5.98. The summed E-state index contributed by atoms with van der Waals surface area (Å²) in [6.45, 7) is 3.97. The van der Waals surface area contributed by atoms with Gasteiger partial charge in [0.1, 0.15) is 6.10 Å². The molecule has 7 heteroatoms. The van der Waals surface area contributed by atoms with Crippen molar-refractivity contribution in [1.82, 2.24) is 14.5 Å². The minimum Gasteiger partial charge on any atom is -0.372 e. The number of rotatable bonds is 6. The summed E-state index contributed by atoms with van der Waals surface area (Å²) in [5.74, 6) is 0.186. The third-order valence-electron chi connectivity index (χ3n) is 4.06. The van der Waals surface area contributed by atoms with Gasteiger partial charge in [0.15, 0.2) is 0 Å². The molecule has 1 aromatic heterocycles. The molecule has 2 aliphatic rings. The van der Waals surface area contributed by atoms with Crippen molar-refractivity contribution in [2.75, 3.05) is 13.2 Å². The first-order chi connectivity index (χ1) is 9.62. The van der Waals surface area contributed by atoms with Crippen LogP contribution < -0.4 is 4.72 Å². The molecule has 1 saturated carbocycles. The second-order valence-corrected chi connectivity index (χ2v) is 7.55. The lowest BCUT2D eigenvalue weighted by Crippen LogP contribution is -2.33. The molecule has 0 amide bonds. The predicted octanol–water partition coefficient (Wildman–Crippen LogP) is 1.06. The van der Waals surface area contributed by atoms with E-state index < -0.39 is 10.0 Å². The smallest absolute Gasteiger partial charge is 0.214 e. The highest BCUT2D eigenvalue weighted by molar-refractivity contribution is 7.90. The molecule has 0 bridgehead atoms. The fourth-order valence-electron chi connectivity index (χ4n) is 2.74. The van der Waals surface area contributed by atoms with Crippen LogP contribution in [0, 0.1) is 5.92 Å². The normalized spacial score (nSPS) is 27.1. The topological polar surface area (TPSA) is 73.2 Å². The van der Waals surface area contributed by atoms with Gasteiger partial charge in [-0.2, -0.15) is 5.10 Å². The zero-order valence-corrected chi connectivity index (χ0v) is 12.5. The average Bonchev–Trinajstić information content (AvgIpc) is 3.03. The van der Waals surface area contributed by atoms with E-state index in [-0.39, 0.29) is 17.3 Å². The molecule has 112 valence electrons. The van der Waals surface area contributed by atoms with Crippen molar-refractivity contribution in [2.45, 2.75) is 44.1 Å². The van der Waals surface area contributed by atoms with Crippen LogP contribution in [-0.4, -0.2) is 36.6 Å². The third kappa shape index (κ3) is 2.75. The number of aryl methyl sites for hydroxylation is 1. The largest absolute Gasteiger partial charge is 0.372 e. The second kappa shape index (κ2) is 5.46. The van der Waals surface area contributed by atoms with Crippen LogP contribution in [0.3, 0.4) is 0 Å². The Morgan fingerprint density at radius 2 is 2.25 bits per heavy atom. The summed E-state index contributed by atoms with van der Waals surface area (Å²) in [7, 11) is -3.11. The molecule has 1 aromatic rings. The number of nitrogens with zero attached hydrogens (tertiary/aromatic N) is 2. The van der Waals surface area contributed by atoms with Crippen molar-refractivity contribution in [2.24, 2.45) is 5.92 Å². The quantitative estimate of drug-likeness (QED) is 0.852. The Bertz CT molecular complexity index is 565. The molecule has 1 aliphatic heterocycles. The highest BCUT2D eigenvalue weighted by Crippen LogP contribution is 2.34. The van der Waals surface area contributed by atoms with E-state index in [1.807, 2.05) is 17.7 Å². The maximum Gasteiger partial charge on any atom is 0.214 e. The van der Waals surface area contributed by atoms with Crippen LogP contribution in [0.4, 0.5) is 0 Å². The Morgan fingerprint density at radius 1 is 1.45 bits per heavy atom. The molecule has 20 heavy (non-hydrogen) atoms. The Hall–Kier alpha value is -0.920. The summed E-state index contributed by atoms with van der Waals surface area (Å²) in [5.41, 5.74) is 1.04. The van der Waals surface area contributed by atoms with E-state index in [9.17, 15) is 8.42 Å². The molecule has 1 saturated heterocycles. The maximum absolute atomic E-state index is 11.9. The molecule has 2 atom stereocenters. The maximum atomic E-state index is 11.9. The molecule has 6 nitrogen and oxygen atoms in total. The summed E-state index contributed by atoms with van der Waals surface area (Å²) in [6, 6.07) is 1.96. The lowest BCUT2D eigenvalue weighted by atomic mass is 9.99. The van der Waals surface area contributed by atoms with Gasteiger partial charge in [-0.05, 0) is 32.3 Å². The number of aromatic nitrogens is 2. The standard InChI is InChI=1S/C13H21N3O3S/c1-2-16-12(5-7-14-16)13-10(6-8-19-13)9-15-20(17,18)11-3-4-11/h5,7,10-11,13,15H,2-4,6,8-9H2,1H3/t10-,13+/m0/s1. The lowest BCUT2D eigenvalue weighted by Gasteiger charge is -2.19. The molecule has 0 unspecified atom stereocenters. The van der Waals surface area contributed by atoms with E-state index in [0.717, 1.165) is 31.5 Å². The number of hydrogen-bond donors (Lipinski definition) is 1. The molecule has 2 fully saturated rings. The molecule has 1 aliphatic carbocycles. The summed E-state index contributed by atoms with van der Waals surface area (Å²) in [5, 5.41) is 4.10. The van der Waals surface area contributed by atoms with E-state index in [1.54, 1.807) is 6.20 Å². The van der Waals surface area contributed by atoms with Crippen LogP contribution in [0.25, 0.3) is 0 Å². The lowest BCUT2D eigenvalue weighted by molar-refractivity contribution is 0.0842. The predicted molar refractivity (Wildman–Crippen MR) is 74.6 cm³/mol. The second-order valence-electron chi connectivity index (χ2n) is 5.50. The summed E-state index contributed by atoms with van der Waals surface area (Å²) in [4.78, 5) is 0. The van der Waals surface area contributed by atoms with Gasteiger partial charge in [-0.3, -0.25) is 4.68 Å².